The van der Waals surface area contributed by atoms with Gasteiger partial charge in [-0.15, -0.1) is 0 Å². The number of rotatable bonds is 4. The van der Waals surface area contributed by atoms with Crippen LogP contribution < -0.4 is 0 Å². The third-order valence-electron chi connectivity index (χ3n) is 3.76. The van der Waals surface area contributed by atoms with Crippen LogP contribution in [-0.4, -0.2) is 58.8 Å². The highest BCUT2D eigenvalue weighted by atomic mass is 16.3. The van der Waals surface area contributed by atoms with Crippen LogP contribution in [0.2, 0.25) is 0 Å². The van der Waals surface area contributed by atoms with Gasteiger partial charge in [0.05, 0.1) is 11.7 Å². The third kappa shape index (κ3) is 3.95. The van der Waals surface area contributed by atoms with Crippen molar-refractivity contribution >= 4 is 0 Å². The molecule has 1 rings (SSSR count). The normalized spacial score (nSPS) is 23.1. The molecule has 4 heteroatoms. The Kier molecular flexibility index (Phi) is 4.54. The van der Waals surface area contributed by atoms with Gasteiger partial charge in [0.25, 0.3) is 0 Å². The van der Waals surface area contributed by atoms with Gasteiger partial charge in [-0.1, -0.05) is 6.92 Å². The van der Waals surface area contributed by atoms with E-state index in [0.717, 1.165) is 39.1 Å². The summed E-state index contributed by atoms with van der Waals surface area (Å²) in [6, 6.07) is 2.34. The van der Waals surface area contributed by atoms with Crippen LogP contribution in [0.1, 0.15) is 34.1 Å². The van der Waals surface area contributed by atoms with E-state index >= 15 is 0 Å². The van der Waals surface area contributed by atoms with Gasteiger partial charge in [-0.05, 0) is 27.2 Å². The molecule has 0 saturated carbocycles. The lowest BCUT2D eigenvalue weighted by atomic mass is 10.0. The third-order valence-corrected chi connectivity index (χ3v) is 3.76. The molecule has 1 fully saturated rings. The summed E-state index contributed by atoms with van der Waals surface area (Å²) in [4.78, 5) is 4.50. The van der Waals surface area contributed by atoms with E-state index in [4.69, 9.17) is 5.26 Å². The Morgan fingerprint density at radius 3 is 2.12 bits per heavy atom. The van der Waals surface area contributed by atoms with Crippen LogP contribution in [0.25, 0.3) is 0 Å². The molecule has 1 aliphatic rings. The first-order valence-corrected chi connectivity index (χ1v) is 6.42. The molecular formula is C13H25N3O. The van der Waals surface area contributed by atoms with Gasteiger partial charge in [-0.3, -0.25) is 9.80 Å². The Morgan fingerprint density at radius 1 is 1.18 bits per heavy atom. The quantitative estimate of drug-likeness (QED) is 0.797. The van der Waals surface area contributed by atoms with Gasteiger partial charge in [0.1, 0.15) is 5.54 Å². The first-order chi connectivity index (χ1) is 7.80. The molecule has 1 N–H and O–H groups in total. The minimum Gasteiger partial charge on any atom is -0.389 e. The molecule has 0 aliphatic carbocycles. The zero-order valence-corrected chi connectivity index (χ0v) is 11.5. The minimum absolute atomic E-state index is 0.376. The molecule has 0 radical (unpaired) electrons. The molecule has 98 valence electrons. The molecule has 1 unspecified atom stereocenters. The maximum atomic E-state index is 10.0. The maximum Gasteiger partial charge on any atom is 0.103 e. The second kappa shape index (κ2) is 5.34. The zero-order chi connectivity index (χ0) is 13.1. The van der Waals surface area contributed by atoms with Crippen LogP contribution >= 0.6 is 0 Å². The fourth-order valence-corrected chi connectivity index (χ4v) is 2.13. The van der Waals surface area contributed by atoms with E-state index in [9.17, 15) is 5.11 Å². The molecule has 0 bridgehead atoms. The average molecular weight is 239 g/mol. The van der Waals surface area contributed by atoms with Crippen molar-refractivity contribution in [1.82, 2.24) is 9.80 Å². The zero-order valence-electron chi connectivity index (χ0n) is 11.5. The number of piperazine rings is 1. The Bertz CT molecular complexity index is 286. The van der Waals surface area contributed by atoms with E-state index in [1.165, 1.54) is 0 Å². The van der Waals surface area contributed by atoms with Crippen molar-refractivity contribution in [2.75, 3.05) is 32.7 Å². The van der Waals surface area contributed by atoms with E-state index in [0.29, 0.717) is 0 Å². The van der Waals surface area contributed by atoms with Crippen LogP contribution in [0.3, 0.4) is 0 Å². The predicted octanol–water partition coefficient (Wildman–Crippen LogP) is 1.07. The van der Waals surface area contributed by atoms with Crippen LogP contribution in [-0.2, 0) is 0 Å². The van der Waals surface area contributed by atoms with E-state index in [2.05, 4.69) is 15.9 Å². The number of hydrogen-bond acceptors (Lipinski definition) is 4. The van der Waals surface area contributed by atoms with Crippen LogP contribution in [0, 0.1) is 11.3 Å². The highest BCUT2D eigenvalue weighted by Crippen LogP contribution is 2.18. The van der Waals surface area contributed by atoms with Crippen LogP contribution in [0.5, 0.6) is 0 Å². The molecule has 0 aromatic rings. The second-order valence-corrected chi connectivity index (χ2v) is 5.78. The van der Waals surface area contributed by atoms with Crippen molar-refractivity contribution < 1.29 is 5.11 Å². The van der Waals surface area contributed by atoms with Crippen molar-refractivity contribution in [2.24, 2.45) is 0 Å². The fourth-order valence-electron chi connectivity index (χ4n) is 2.13. The second-order valence-electron chi connectivity index (χ2n) is 5.78. The molecule has 1 heterocycles. The van der Waals surface area contributed by atoms with Crippen molar-refractivity contribution in [1.29, 1.82) is 5.26 Å². The molecule has 1 saturated heterocycles. The summed E-state index contributed by atoms with van der Waals surface area (Å²) in [5.74, 6) is 0. The summed E-state index contributed by atoms with van der Waals surface area (Å²) < 4.78 is 0. The fraction of sp³-hybridized carbons (Fsp3) is 0.923. The van der Waals surface area contributed by atoms with E-state index in [-0.39, 0.29) is 5.54 Å². The molecule has 0 spiro atoms. The lowest BCUT2D eigenvalue weighted by Crippen LogP contribution is -2.56. The largest absolute Gasteiger partial charge is 0.389 e. The topological polar surface area (TPSA) is 50.5 Å². The number of hydrogen-bond donors (Lipinski definition) is 1. The number of nitrogens with zero attached hydrogens (tertiary/aromatic N) is 3. The van der Waals surface area contributed by atoms with Gasteiger partial charge in [0.2, 0.25) is 0 Å². The Hall–Kier alpha value is -0.630. The Morgan fingerprint density at radius 2 is 1.71 bits per heavy atom. The number of β-amino-alcohol motifs (C(OH)–C–C–N with tert-alkyl or cyclic N) is 1. The SMILES string of the molecule is CCC(C)(O)CN1CCN(C(C)(C)C#N)CC1. The van der Waals surface area contributed by atoms with Crippen molar-refractivity contribution in [3.63, 3.8) is 0 Å². The standard InChI is InChI=1S/C13H25N3O/c1-5-13(4,17)11-15-6-8-16(9-7-15)12(2,3)10-14/h17H,5-9,11H2,1-4H3. The lowest BCUT2D eigenvalue weighted by molar-refractivity contribution is -0.00677. The average Bonchev–Trinajstić information content (AvgIpc) is 2.29. The van der Waals surface area contributed by atoms with Crippen molar-refractivity contribution in [2.45, 2.75) is 45.3 Å². The highest BCUT2D eigenvalue weighted by molar-refractivity contribution is 5.03. The summed E-state index contributed by atoms with van der Waals surface area (Å²) in [7, 11) is 0. The molecule has 0 amide bonds. The maximum absolute atomic E-state index is 10.0. The number of aliphatic hydroxyl groups is 1. The highest BCUT2D eigenvalue weighted by Gasteiger charge is 2.31. The van der Waals surface area contributed by atoms with Gasteiger partial charge in [0, 0.05) is 32.7 Å². The molecule has 17 heavy (non-hydrogen) atoms. The summed E-state index contributed by atoms with van der Waals surface area (Å²) in [5, 5.41) is 19.1. The minimum atomic E-state index is -0.590. The first kappa shape index (κ1) is 14.4. The van der Waals surface area contributed by atoms with Gasteiger partial charge < -0.3 is 5.11 Å². The first-order valence-electron chi connectivity index (χ1n) is 6.42. The molecule has 0 aromatic heterocycles. The summed E-state index contributed by atoms with van der Waals surface area (Å²) in [6.45, 7) is 12.2. The van der Waals surface area contributed by atoms with Gasteiger partial charge in [-0.25, -0.2) is 0 Å². The lowest BCUT2D eigenvalue weighted by Gasteiger charge is -2.42. The Labute approximate surface area is 105 Å². The van der Waals surface area contributed by atoms with E-state index in [1.807, 2.05) is 27.7 Å². The smallest absolute Gasteiger partial charge is 0.103 e. The van der Waals surface area contributed by atoms with Crippen molar-refractivity contribution in [3.05, 3.63) is 0 Å². The van der Waals surface area contributed by atoms with Gasteiger partial charge >= 0.3 is 0 Å². The van der Waals surface area contributed by atoms with E-state index in [1.54, 1.807) is 0 Å². The predicted molar refractivity (Wildman–Crippen MR) is 68.6 cm³/mol. The summed E-state index contributed by atoms with van der Waals surface area (Å²) in [5.41, 5.74) is -0.966. The molecular weight excluding hydrogens is 214 g/mol. The molecule has 1 atom stereocenters. The van der Waals surface area contributed by atoms with Crippen LogP contribution in [0.4, 0.5) is 0 Å². The molecule has 1 aliphatic heterocycles. The monoisotopic (exact) mass is 239 g/mol. The van der Waals surface area contributed by atoms with E-state index < -0.39 is 5.60 Å². The van der Waals surface area contributed by atoms with Crippen LogP contribution in [0.15, 0.2) is 0 Å². The van der Waals surface area contributed by atoms with Crippen molar-refractivity contribution in [3.8, 4) is 6.07 Å². The summed E-state index contributed by atoms with van der Waals surface area (Å²) in [6.07, 6.45) is 0.775. The van der Waals surface area contributed by atoms with Gasteiger partial charge in [-0.2, -0.15) is 5.26 Å². The molecule has 0 aromatic carbocycles. The van der Waals surface area contributed by atoms with Gasteiger partial charge in [0.15, 0.2) is 0 Å². The Balaban J connectivity index is 2.45. The summed E-state index contributed by atoms with van der Waals surface area (Å²) >= 11 is 0. The number of nitriles is 1. The molecule has 4 nitrogen and oxygen atoms in total.